The van der Waals surface area contributed by atoms with Gasteiger partial charge in [-0.1, -0.05) is 41.7 Å². The molecule has 0 bridgehead atoms. The van der Waals surface area contributed by atoms with E-state index in [9.17, 15) is 9.59 Å². The molecule has 0 saturated carbocycles. The van der Waals surface area contributed by atoms with Crippen LogP contribution in [-0.2, 0) is 16.0 Å². The second-order valence-corrected chi connectivity index (χ2v) is 6.12. The Kier molecular flexibility index (Phi) is 4.34. The van der Waals surface area contributed by atoms with Crippen molar-refractivity contribution >= 4 is 44.2 Å². The van der Waals surface area contributed by atoms with Gasteiger partial charge in [0, 0.05) is 12.6 Å². The van der Waals surface area contributed by atoms with Crippen LogP contribution in [0, 0.1) is 0 Å². The van der Waals surface area contributed by atoms with Crippen molar-refractivity contribution in [2.24, 2.45) is 0 Å². The first-order valence-corrected chi connectivity index (χ1v) is 7.94. The average molecular weight is 325 g/mol. The standard InChI is InChI=1S/C17H15N3O2S/c1-11(21)18-17-20-14-8-7-13(10-15(14)23-17)19-16(22)9-12-5-3-2-4-6-12/h2-8,10H,9H2,1H3,(H,19,22)(H,18,20,21). The van der Waals surface area contributed by atoms with Crippen LogP contribution in [0.15, 0.2) is 48.5 Å². The van der Waals surface area contributed by atoms with Crippen molar-refractivity contribution in [1.82, 2.24) is 4.98 Å². The maximum Gasteiger partial charge on any atom is 0.228 e. The van der Waals surface area contributed by atoms with Crippen molar-refractivity contribution in [1.29, 1.82) is 0 Å². The molecule has 0 aliphatic carbocycles. The first kappa shape index (κ1) is 15.2. The molecule has 0 fully saturated rings. The zero-order valence-electron chi connectivity index (χ0n) is 12.5. The van der Waals surface area contributed by atoms with Gasteiger partial charge in [0.2, 0.25) is 11.8 Å². The lowest BCUT2D eigenvalue weighted by molar-refractivity contribution is -0.116. The normalized spacial score (nSPS) is 10.5. The highest BCUT2D eigenvalue weighted by molar-refractivity contribution is 7.22. The number of nitrogens with zero attached hydrogens (tertiary/aromatic N) is 1. The lowest BCUT2D eigenvalue weighted by Crippen LogP contribution is -2.14. The highest BCUT2D eigenvalue weighted by Gasteiger charge is 2.08. The van der Waals surface area contributed by atoms with Gasteiger partial charge < -0.3 is 10.6 Å². The zero-order chi connectivity index (χ0) is 16.2. The van der Waals surface area contributed by atoms with Crippen LogP contribution in [0.5, 0.6) is 0 Å². The third-order valence-corrected chi connectivity index (χ3v) is 4.10. The predicted molar refractivity (Wildman–Crippen MR) is 92.7 cm³/mol. The van der Waals surface area contributed by atoms with Crippen molar-refractivity contribution in [2.75, 3.05) is 10.6 Å². The van der Waals surface area contributed by atoms with Crippen LogP contribution in [-0.4, -0.2) is 16.8 Å². The average Bonchev–Trinajstić information content (AvgIpc) is 2.88. The van der Waals surface area contributed by atoms with E-state index in [0.29, 0.717) is 11.6 Å². The molecule has 0 unspecified atom stereocenters. The number of fused-ring (bicyclic) bond motifs is 1. The van der Waals surface area contributed by atoms with Crippen molar-refractivity contribution in [3.05, 3.63) is 54.1 Å². The molecule has 3 aromatic rings. The molecule has 0 saturated heterocycles. The number of anilines is 2. The maximum atomic E-state index is 12.1. The minimum atomic E-state index is -0.152. The van der Waals surface area contributed by atoms with Gasteiger partial charge in [-0.2, -0.15) is 0 Å². The van der Waals surface area contributed by atoms with E-state index in [4.69, 9.17) is 0 Å². The third kappa shape index (κ3) is 3.92. The Morgan fingerprint density at radius 2 is 1.87 bits per heavy atom. The van der Waals surface area contributed by atoms with Gasteiger partial charge in [0.15, 0.2) is 5.13 Å². The Balaban J connectivity index is 1.72. The molecule has 1 heterocycles. The van der Waals surface area contributed by atoms with Crippen LogP contribution < -0.4 is 10.6 Å². The molecule has 3 rings (SSSR count). The Morgan fingerprint density at radius 3 is 2.61 bits per heavy atom. The molecule has 2 N–H and O–H groups in total. The van der Waals surface area contributed by atoms with E-state index in [-0.39, 0.29) is 11.8 Å². The van der Waals surface area contributed by atoms with Crippen molar-refractivity contribution in [2.45, 2.75) is 13.3 Å². The summed E-state index contributed by atoms with van der Waals surface area (Å²) in [6.45, 7) is 1.45. The summed E-state index contributed by atoms with van der Waals surface area (Å²) >= 11 is 1.38. The zero-order valence-corrected chi connectivity index (χ0v) is 13.3. The summed E-state index contributed by atoms with van der Waals surface area (Å²) in [6, 6.07) is 15.1. The Morgan fingerprint density at radius 1 is 1.09 bits per heavy atom. The van der Waals surface area contributed by atoms with E-state index in [2.05, 4.69) is 15.6 Å². The number of carbonyl (C=O) groups is 2. The molecule has 2 aromatic carbocycles. The molecule has 0 spiro atoms. The summed E-state index contributed by atoms with van der Waals surface area (Å²) in [6.07, 6.45) is 0.332. The summed E-state index contributed by atoms with van der Waals surface area (Å²) in [5, 5.41) is 6.11. The van der Waals surface area contributed by atoms with Gasteiger partial charge in [0.1, 0.15) is 0 Å². The number of hydrogen-bond acceptors (Lipinski definition) is 4. The predicted octanol–water partition coefficient (Wildman–Crippen LogP) is 3.44. The van der Waals surface area contributed by atoms with Gasteiger partial charge in [-0.3, -0.25) is 9.59 Å². The third-order valence-electron chi connectivity index (χ3n) is 3.16. The minimum Gasteiger partial charge on any atom is -0.326 e. The summed E-state index contributed by atoms with van der Waals surface area (Å²) in [5.41, 5.74) is 2.48. The lowest BCUT2D eigenvalue weighted by Gasteiger charge is -2.05. The van der Waals surface area contributed by atoms with Crippen LogP contribution in [0.1, 0.15) is 12.5 Å². The van der Waals surface area contributed by atoms with Crippen LogP contribution in [0.4, 0.5) is 10.8 Å². The maximum absolute atomic E-state index is 12.1. The fraction of sp³-hybridized carbons (Fsp3) is 0.118. The van der Waals surface area contributed by atoms with Crippen molar-refractivity contribution in [3.8, 4) is 0 Å². The molecule has 0 atom stereocenters. The van der Waals surface area contributed by atoms with Crippen LogP contribution in [0.25, 0.3) is 10.2 Å². The lowest BCUT2D eigenvalue weighted by atomic mass is 10.1. The monoisotopic (exact) mass is 325 g/mol. The van der Waals surface area contributed by atoms with Gasteiger partial charge in [-0.05, 0) is 23.8 Å². The van der Waals surface area contributed by atoms with Gasteiger partial charge in [0.25, 0.3) is 0 Å². The van der Waals surface area contributed by atoms with Gasteiger partial charge in [-0.15, -0.1) is 0 Å². The quantitative estimate of drug-likeness (QED) is 0.772. The van der Waals surface area contributed by atoms with Gasteiger partial charge >= 0.3 is 0 Å². The largest absolute Gasteiger partial charge is 0.326 e. The van der Waals surface area contributed by atoms with Crippen LogP contribution >= 0.6 is 11.3 Å². The Hall–Kier alpha value is -2.73. The molecule has 0 radical (unpaired) electrons. The number of hydrogen-bond donors (Lipinski definition) is 2. The van der Waals surface area contributed by atoms with E-state index in [0.717, 1.165) is 21.5 Å². The molecular formula is C17H15N3O2S. The number of carbonyl (C=O) groups excluding carboxylic acids is 2. The van der Waals surface area contributed by atoms with Crippen molar-refractivity contribution < 1.29 is 9.59 Å². The van der Waals surface area contributed by atoms with Gasteiger partial charge in [-0.25, -0.2) is 4.98 Å². The Bertz CT molecular complexity index is 859. The van der Waals surface area contributed by atoms with Crippen molar-refractivity contribution in [3.63, 3.8) is 0 Å². The highest BCUT2D eigenvalue weighted by Crippen LogP contribution is 2.28. The van der Waals surface area contributed by atoms with E-state index >= 15 is 0 Å². The SMILES string of the molecule is CC(=O)Nc1nc2ccc(NC(=O)Cc3ccccc3)cc2s1. The minimum absolute atomic E-state index is 0.0675. The molecule has 0 aliphatic heterocycles. The van der Waals surface area contributed by atoms with Crippen LogP contribution in [0.2, 0.25) is 0 Å². The van der Waals surface area contributed by atoms with E-state index in [1.165, 1.54) is 18.3 Å². The second-order valence-electron chi connectivity index (χ2n) is 5.09. The molecule has 2 amide bonds. The van der Waals surface area contributed by atoms with Crippen LogP contribution in [0.3, 0.4) is 0 Å². The topological polar surface area (TPSA) is 71.1 Å². The first-order chi connectivity index (χ1) is 11.1. The number of aromatic nitrogens is 1. The fourth-order valence-corrected chi connectivity index (χ4v) is 3.14. The molecule has 23 heavy (non-hydrogen) atoms. The van der Waals surface area contributed by atoms with E-state index < -0.39 is 0 Å². The fourth-order valence-electron chi connectivity index (χ4n) is 2.19. The molecule has 5 nitrogen and oxygen atoms in total. The molecule has 116 valence electrons. The summed E-state index contributed by atoms with van der Waals surface area (Å²) < 4.78 is 0.909. The van der Waals surface area contributed by atoms with E-state index in [1.807, 2.05) is 48.5 Å². The second kappa shape index (κ2) is 6.58. The number of nitrogens with one attached hydrogen (secondary N) is 2. The molecule has 0 aliphatic rings. The number of benzene rings is 2. The smallest absolute Gasteiger partial charge is 0.228 e. The van der Waals surface area contributed by atoms with E-state index in [1.54, 1.807) is 0 Å². The highest BCUT2D eigenvalue weighted by atomic mass is 32.1. The first-order valence-electron chi connectivity index (χ1n) is 7.12. The van der Waals surface area contributed by atoms with Gasteiger partial charge in [0.05, 0.1) is 16.6 Å². The molecule has 6 heteroatoms. The summed E-state index contributed by atoms with van der Waals surface area (Å²) in [4.78, 5) is 27.5. The number of rotatable bonds is 4. The molecular weight excluding hydrogens is 310 g/mol. The number of thiazole rings is 1. The number of amides is 2. The Labute approximate surface area is 137 Å². The summed E-state index contributed by atoms with van der Waals surface area (Å²) in [5.74, 6) is -0.220. The summed E-state index contributed by atoms with van der Waals surface area (Å²) in [7, 11) is 0. The molecule has 1 aromatic heterocycles.